The van der Waals surface area contributed by atoms with Gasteiger partial charge in [0.05, 0.1) is 0 Å². The zero-order chi connectivity index (χ0) is 11.2. The molecular weight excluding hydrogens is 214 g/mol. The molecule has 2 aromatic heterocycles. The van der Waals surface area contributed by atoms with E-state index >= 15 is 0 Å². The lowest BCUT2D eigenvalue weighted by Crippen LogP contribution is -2.17. The number of nitrogens with zero attached hydrogens (tertiary/aromatic N) is 3. The first kappa shape index (κ1) is 9.78. The quantitative estimate of drug-likeness (QED) is 0.626. The third-order valence-corrected chi connectivity index (χ3v) is 2.39. The lowest BCUT2D eigenvalue weighted by molar-refractivity contribution is 0.742. The molecule has 0 bridgehead atoms. The monoisotopic (exact) mass is 223 g/mol. The maximum absolute atomic E-state index is 11.8. The number of fused-ring (bicyclic) bond motifs is 1. The summed E-state index contributed by atoms with van der Waals surface area (Å²) in [4.78, 5) is 18.4. The van der Waals surface area contributed by atoms with Gasteiger partial charge in [0.15, 0.2) is 5.95 Å². The lowest BCUT2D eigenvalue weighted by Gasteiger charge is -2.05. The number of nitrogen functional groups attached to an aromatic ring is 1. The van der Waals surface area contributed by atoms with E-state index in [1.165, 1.54) is 4.68 Å². The first-order valence-corrected chi connectivity index (χ1v) is 4.65. The van der Waals surface area contributed by atoms with Crippen LogP contribution < -0.4 is 11.2 Å². The van der Waals surface area contributed by atoms with Crippen molar-refractivity contribution < 1.29 is 0 Å². The molecule has 15 heavy (non-hydrogen) atoms. The number of nitrogens with one attached hydrogen (secondary N) is 1. The van der Waals surface area contributed by atoms with Gasteiger partial charge in [-0.1, -0.05) is 12.2 Å². The second-order valence-electron chi connectivity index (χ2n) is 3.19. The summed E-state index contributed by atoms with van der Waals surface area (Å²) in [6.07, 6.45) is 0. The van der Waals surface area contributed by atoms with Gasteiger partial charge in [0, 0.05) is 7.05 Å². The molecule has 0 saturated carbocycles. The predicted octanol–water partition coefficient (Wildman–Crippen LogP) is 0.277. The van der Waals surface area contributed by atoms with Crippen LogP contribution in [0.15, 0.2) is 4.79 Å². The number of rotatable bonds is 0. The number of hydrogen-bond acceptors (Lipinski definition) is 5. The van der Waals surface area contributed by atoms with Gasteiger partial charge in [0.25, 0.3) is 0 Å². The van der Waals surface area contributed by atoms with Crippen LogP contribution in [0.5, 0.6) is 0 Å². The molecule has 0 aliphatic carbocycles. The first-order chi connectivity index (χ1) is 7.00. The minimum Gasteiger partial charge on any atom is -0.369 e. The molecule has 0 unspecified atom stereocenters. The topological polar surface area (TPSA) is 89.6 Å². The zero-order valence-electron chi connectivity index (χ0n) is 8.24. The molecule has 0 aliphatic heterocycles. The van der Waals surface area contributed by atoms with Crippen LogP contribution in [0.4, 0.5) is 5.95 Å². The second-order valence-corrected chi connectivity index (χ2v) is 3.58. The summed E-state index contributed by atoms with van der Waals surface area (Å²) in [6.45, 7) is 1.63. The van der Waals surface area contributed by atoms with Crippen LogP contribution in [0.25, 0.3) is 11.0 Å². The Morgan fingerprint density at radius 2 is 2.20 bits per heavy atom. The Morgan fingerprint density at radius 3 is 2.87 bits per heavy atom. The molecule has 0 aromatic carbocycles. The van der Waals surface area contributed by atoms with Gasteiger partial charge in [-0.25, -0.2) is 4.98 Å². The average Bonchev–Trinajstić information content (AvgIpc) is 2.13. The van der Waals surface area contributed by atoms with Crippen LogP contribution in [-0.2, 0) is 7.05 Å². The first-order valence-electron chi connectivity index (χ1n) is 4.24. The molecule has 2 rings (SSSR count). The van der Waals surface area contributed by atoms with Crippen LogP contribution in [0.2, 0.25) is 0 Å². The number of nitrogens with two attached hydrogens (primary N) is 1. The third kappa shape index (κ3) is 1.40. The highest BCUT2D eigenvalue weighted by molar-refractivity contribution is 7.71. The molecule has 0 radical (unpaired) electrons. The highest BCUT2D eigenvalue weighted by Gasteiger charge is 2.09. The van der Waals surface area contributed by atoms with E-state index in [1.54, 1.807) is 14.0 Å². The molecule has 0 spiro atoms. The van der Waals surface area contributed by atoms with Crippen molar-refractivity contribution >= 4 is 29.2 Å². The highest BCUT2D eigenvalue weighted by Crippen LogP contribution is 2.08. The second kappa shape index (κ2) is 3.13. The fourth-order valence-corrected chi connectivity index (χ4v) is 1.71. The van der Waals surface area contributed by atoms with Gasteiger partial charge >= 0.3 is 0 Å². The van der Waals surface area contributed by atoms with E-state index < -0.39 is 0 Å². The molecule has 7 heteroatoms. The lowest BCUT2D eigenvalue weighted by atomic mass is 10.3. The van der Waals surface area contributed by atoms with Crippen molar-refractivity contribution in [1.82, 2.24) is 19.7 Å². The molecule has 0 saturated heterocycles. The smallest absolute Gasteiger partial charge is 0.215 e. The molecular formula is C8H9N5OS. The maximum atomic E-state index is 11.8. The summed E-state index contributed by atoms with van der Waals surface area (Å²) >= 11 is 5.00. The average molecular weight is 223 g/mol. The Labute approximate surface area is 89.8 Å². The van der Waals surface area contributed by atoms with Gasteiger partial charge in [-0.15, -0.1) is 0 Å². The molecule has 2 aromatic rings. The molecule has 0 atom stereocenters. The number of aryl methyl sites for hydroxylation is 2. The van der Waals surface area contributed by atoms with E-state index in [0.29, 0.717) is 16.7 Å². The van der Waals surface area contributed by atoms with Crippen molar-refractivity contribution in [3.63, 3.8) is 0 Å². The normalized spacial score (nSPS) is 10.8. The zero-order valence-corrected chi connectivity index (χ0v) is 9.05. The van der Waals surface area contributed by atoms with E-state index in [-0.39, 0.29) is 16.0 Å². The molecule has 78 valence electrons. The summed E-state index contributed by atoms with van der Waals surface area (Å²) < 4.78 is 1.73. The molecule has 3 N–H and O–H groups in total. The summed E-state index contributed by atoms with van der Waals surface area (Å²) in [7, 11) is 1.71. The van der Waals surface area contributed by atoms with Crippen molar-refractivity contribution in [2.24, 2.45) is 7.05 Å². The van der Waals surface area contributed by atoms with Gasteiger partial charge in [0.2, 0.25) is 5.43 Å². The molecule has 0 fully saturated rings. The van der Waals surface area contributed by atoms with Gasteiger partial charge < -0.3 is 10.7 Å². The van der Waals surface area contributed by atoms with Gasteiger partial charge in [-0.05, 0) is 6.92 Å². The molecule has 6 nitrogen and oxygen atoms in total. The van der Waals surface area contributed by atoms with Crippen LogP contribution >= 0.6 is 12.2 Å². The largest absolute Gasteiger partial charge is 0.369 e. The Hall–Kier alpha value is -1.76. The van der Waals surface area contributed by atoms with E-state index in [0.717, 1.165) is 0 Å². The summed E-state index contributed by atoms with van der Waals surface area (Å²) in [5, 5.41) is 4.38. The van der Waals surface area contributed by atoms with Crippen LogP contribution in [-0.4, -0.2) is 19.7 Å². The summed E-state index contributed by atoms with van der Waals surface area (Å²) in [5.41, 5.74) is 6.17. The van der Waals surface area contributed by atoms with Crippen molar-refractivity contribution in [1.29, 1.82) is 0 Å². The number of aromatic nitrogens is 4. The van der Waals surface area contributed by atoms with E-state index in [2.05, 4.69) is 15.1 Å². The van der Waals surface area contributed by atoms with Gasteiger partial charge in [0.1, 0.15) is 21.4 Å². The fourth-order valence-electron chi connectivity index (χ4n) is 1.43. The summed E-state index contributed by atoms with van der Waals surface area (Å²) in [6, 6.07) is 0. The number of H-pyrrole nitrogens is 1. The van der Waals surface area contributed by atoms with Crippen molar-refractivity contribution in [3.8, 4) is 0 Å². The summed E-state index contributed by atoms with van der Waals surface area (Å²) in [5.74, 6) is 0.174. The van der Waals surface area contributed by atoms with E-state index in [1.807, 2.05) is 0 Å². The Kier molecular flexibility index (Phi) is 2.04. The number of anilines is 1. The fraction of sp³-hybridized carbons (Fsp3) is 0.250. The van der Waals surface area contributed by atoms with Gasteiger partial charge in [-0.3, -0.25) is 9.48 Å². The molecule has 0 amide bonds. The van der Waals surface area contributed by atoms with Crippen molar-refractivity contribution in [2.45, 2.75) is 6.92 Å². The maximum Gasteiger partial charge on any atom is 0.215 e. The Balaban J connectivity index is 3.17. The standard InChI is InChI=1S/C8H9N5OS/c1-3-5(14)4-6(13(2)12-3)10-8(9)11-7(4)15/h1-2H3,(H3,9,10,11,15). The van der Waals surface area contributed by atoms with Crippen LogP contribution in [0.3, 0.4) is 0 Å². The highest BCUT2D eigenvalue weighted by atomic mass is 32.1. The number of hydrogen-bond donors (Lipinski definition) is 2. The SMILES string of the molecule is Cc1nn(C)c2[nH]c(N)nc(=S)c2c1=O. The van der Waals surface area contributed by atoms with Crippen LogP contribution in [0, 0.1) is 11.6 Å². The van der Waals surface area contributed by atoms with E-state index in [4.69, 9.17) is 18.0 Å². The van der Waals surface area contributed by atoms with Crippen molar-refractivity contribution in [3.05, 3.63) is 20.6 Å². The predicted molar refractivity (Wildman–Crippen MR) is 59.1 cm³/mol. The minimum absolute atomic E-state index is 0.174. The van der Waals surface area contributed by atoms with Crippen LogP contribution in [0.1, 0.15) is 5.69 Å². The minimum atomic E-state index is -0.211. The Bertz CT molecular complexity index is 656. The number of aromatic amines is 1. The van der Waals surface area contributed by atoms with Crippen molar-refractivity contribution in [2.75, 3.05) is 5.73 Å². The Morgan fingerprint density at radius 1 is 1.53 bits per heavy atom. The van der Waals surface area contributed by atoms with Gasteiger partial charge in [-0.2, -0.15) is 5.10 Å². The third-order valence-electron chi connectivity index (χ3n) is 2.10. The van der Waals surface area contributed by atoms with E-state index in [9.17, 15) is 4.79 Å². The molecule has 2 heterocycles. The molecule has 0 aliphatic rings.